The van der Waals surface area contributed by atoms with Gasteiger partial charge in [0.25, 0.3) is 0 Å². The number of nitrogens with zero attached hydrogens (tertiary/aromatic N) is 4. The van der Waals surface area contributed by atoms with E-state index in [1.807, 2.05) is 89.5 Å². The average molecular weight is 534 g/mol. The van der Waals surface area contributed by atoms with Gasteiger partial charge in [0.05, 0.1) is 16.7 Å². The number of imidazole rings is 1. The van der Waals surface area contributed by atoms with Crippen LogP contribution in [-0.2, 0) is 13.0 Å². The van der Waals surface area contributed by atoms with Crippen molar-refractivity contribution in [2.24, 2.45) is 0 Å². The van der Waals surface area contributed by atoms with E-state index in [1.54, 1.807) is 0 Å². The van der Waals surface area contributed by atoms with Crippen LogP contribution in [0.15, 0.2) is 127 Å². The maximum absolute atomic E-state index is 6.33. The topological polar surface area (TPSA) is 78.8 Å². The largest absolute Gasteiger partial charge is 0.489 e. The first-order chi connectivity index (χ1) is 20.2. The second-order valence-corrected chi connectivity index (χ2v) is 9.98. The molecule has 0 radical (unpaired) electrons. The van der Waals surface area contributed by atoms with E-state index in [2.05, 4.69) is 47.4 Å². The molecular formula is C35H27N5O. The quantitative estimate of drug-likeness (QED) is 0.231. The molecule has 41 heavy (non-hydrogen) atoms. The molecule has 6 nitrogen and oxygen atoms in total. The van der Waals surface area contributed by atoms with Crippen molar-refractivity contribution in [1.29, 1.82) is 0 Å². The molecule has 2 N–H and O–H groups in total. The van der Waals surface area contributed by atoms with Crippen LogP contribution < -0.4 is 10.5 Å². The highest BCUT2D eigenvalue weighted by molar-refractivity contribution is 5.97. The number of nitrogen functional groups attached to an aromatic ring is 1. The number of fused-ring (bicyclic) bond motifs is 2. The van der Waals surface area contributed by atoms with Gasteiger partial charge in [-0.2, -0.15) is 5.10 Å². The molecule has 0 saturated carbocycles. The van der Waals surface area contributed by atoms with Crippen molar-refractivity contribution >= 4 is 27.8 Å². The molecule has 0 spiro atoms. The molecule has 0 aliphatic rings. The van der Waals surface area contributed by atoms with Crippen molar-refractivity contribution in [2.75, 3.05) is 5.73 Å². The van der Waals surface area contributed by atoms with Gasteiger partial charge in [0.2, 0.25) is 5.95 Å². The third-order valence-corrected chi connectivity index (χ3v) is 7.28. The molecule has 0 fully saturated rings. The van der Waals surface area contributed by atoms with E-state index in [0.29, 0.717) is 19.0 Å². The molecule has 2 heterocycles. The number of nitrogens with two attached hydrogens (primary N) is 1. The lowest BCUT2D eigenvalue weighted by molar-refractivity contribution is 0.306. The summed E-state index contributed by atoms with van der Waals surface area (Å²) in [4.78, 5) is 4.65. The van der Waals surface area contributed by atoms with Gasteiger partial charge in [-0.15, -0.1) is 5.10 Å². The summed E-state index contributed by atoms with van der Waals surface area (Å²) in [5, 5.41) is 11.5. The Bertz CT molecular complexity index is 1970. The lowest BCUT2D eigenvalue weighted by Gasteiger charge is -2.11. The van der Waals surface area contributed by atoms with Crippen molar-refractivity contribution in [2.45, 2.75) is 13.0 Å². The van der Waals surface area contributed by atoms with Crippen LogP contribution in [0.2, 0.25) is 0 Å². The molecule has 7 rings (SSSR count). The molecule has 0 bridgehead atoms. The van der Waals surface area contributed by atoms with Crippen LogP contribution in [0.25, 0.3) is 38.8 Å². The zero-order valence-electron chi connectivity index (χ0n) is 22.3. The molecule has 0 aliphatic heterocycles. The van der Waals surface area contributed by atoms with E-state index in [9.17, 15) is 0 Å². The Kier molecular flexibility index (Phi) is 6.34. The summed E-state index contributed by atoms with van der Waals surface area (Å²) < 4.78 is 7.92. The molecule has 6 heteroatoms. The summed E-state index contributed by atoms with van der Waals surface area (Å²) in [5.41, 5.74) is 14.1. The Balaban J connectivity index is 1.17. The summed E-state index contributed by atoms with van der Waals surface area (Å²) in [5.74, 6) is 1.29. The van der Waals surface area contributed by atoms with Crippen molar-refractivity contribution in [3.8, 4) is 22.7 Å². The Morgan fingerprint density at radius 1 is 0.659 bits per heavy atom. The fourth-order valence-electron chi connectivity index (χ4n) is 5.24. The molecule has 2 aromatic heterocycles. The van der Waals surface area contributed by atoms with Crippen LogP contribution in [0, 0.1) is 0 Å². The van der Waals surface area contributed by atoms with E-state index in [4.69, 9.17) is 20.7 Å². The zero-order chi connectivity index (χ0) is 27.6. The van der Waals surface area contributed by atoms with Gasteiger partial charge in [-0.25, -0.2) is 4.98 Å². The fourth-order valence-corrected chi connectivity index (χ4v) is 5.24. The molecule has 5 aromatic carbocycles. The number of hydrogen-bond acceptors (Lipinski definition) is 5. The van der Waals surface area contributed by atoms with Crippen LogP contribution in [-0.4, -0.2) is 19.7 Å². The summed E-state index contributed by atoms with van der Waals surface area (Å²) in [6.45, 7) is 0.544. The Morgan fingerprint density at radius 3 is 2.15 bits per heavy atom. The molecule has 0 amide bonds. The summed E-state index contributed by atoms with van der Waals surface area (Å²) in [6.07, 6.45) is 0.670. The minimum atomic E-state index is 0.450. The van der Waals surface area contributed by atoms with Crippen molar-refractivity contribution in [3.63, 3.8) is 0 Å². The van der Waals surface area contributed by atoms with Crippen molar-refractivity contribution in [3.05, 3.63) is 144 Å². The second-order valence-electron chi connectivity index (χ2n) is 9.98. The van der Waals surface area contributed by atoms with Gasteiger partial charge in [0.1, 0.15) is 18.1 Å². The van der Waals surface area contributed by atoms with E-state index in [0.717, 1.165) is 61.3 Å². The van der Waals surface area contributed by atoms with E-state index in [-0.39, 0.29) is 0 Å². The predicted molar refractivity (Wildman–Crippen MR) is 164 cm³/mol. The van der Waals surface area contributed by atoms with Crippen LogP contribution >= 0.6 is 0 Å². The minimum absolute atomic E-state index is 0.450. The first kappa shape index (κ1) is 24.5. The lowest BCUT2D eigenvalue weighted by atomic mass is 10.00. The smallest absolute Gasteiger partial charge is 0.205 e. The Morgan fingerprint density at radius 2 is 1.37 bits per heavy atom. The Hall–Kier alpha value is -5.49. The molecule has 0 atom stereocenters. The highest BCUT2D eigenvalue weighted by Crippen LogP contribution is 2.32. The summed E-state index contributed by atoms with van der Waals surface area (Å²) in [6, 6.07) is 42.8. The molecule has 7 aromatic rings. The number of ether oxygens (including phenoxy) is 1. The lowest BCUT2D eigenvalue weighted by Crippen LogP contribution is -2.00. The molecule has 198 valence electrons. The van der Waals surface area contributed by atoms with Gasteiger partial charge in [0, 0.05) is 28.4 Å². The monoisotopic (exact) mass is 533 g/mol. The molecule has 0 aliphatic carbocycles. The van der Waals surface area contributed by atoms with E-state index in [1.165, 1.54) is 0 Å². The first-order valence-electron chi connectivity index (χ1n) is 13.6. The van der Waals surface area contributed by atoms with E-state index < -0.39 is 0 Å². The molecular weight excluding hydrogens is 506 g/mol. The third-order valence-electron chi connectivity index (χ3n) is 7.28. The standard InChI is InChI=1S/C35H27N5O/c36-35-37-32-22-26(17-20-33(32)40(35)27-11-5-2-6-12-27)34-30-14-8-7-13-29(30)31(38-39-34)21-24-15-18-28(19-16-24)41-23-25-9-3-1-4-10-25/h1-20,22H,21,23H2,(H2,36,37). The van der Waals surface area contributed by atoms with Crippen molar-refractivity contribution in [1.82, 2.24) is 19.7 Å². The summed E-state index contributed by atoms with van der Waals surface area (Å²) >= 11 is 0. The van der Waals surface area contributed by atoms with Gasteiger partial charge in [-0.05, 0) is 47.5 Å². The first-order valence-corrected chi connectivity index (χ1v) is 13.6. The molecule has 0 unspecified atom stereocenters. The normalized spacial score (nSPS) is 11.2. The summed E-state index contributed by atoms with van der Waals surface area (Å²) in [7, 11) is 0. The van der Waals surface area contributed by atoms with Gasteiger partial charge >= 0.3 is 0 Å². The number of aromatic nitrogens is 4. The van der Waals surface area contributed by atoms with Crippen LogP contribution in [0.1, 0.15) is 16.8 Å². The number of para-hydroxylation sites is 1. The average Bonchev–Trinajstić information content (AvgIpc) is 3.36. The van der Waals surface area contributed by atoms with Gasteiger partial charge in [-0.1, -0.05) is 91.0 Å². The van der Waals surface area contributed by atoms with Gasteiger partial charge in [0.15, 0.2) is 0 Å². The van der Waals surface area contributed by atoms with Crippen LogP contribution in [0.5, 0.6) is 5.75 Å². The third kappa shape index (κ3) is 4.87. The highest BCUT2D eigenvalue weighted by Gasteiger charge is 2.15. The number of hydrogen-bond donors (Lipinski definition) is 1. The minimum Gasteiger partial charge on any atom is -0.489 e. The fraction of sp³-hybridized carbons (Fsp3) is 0.0571. The maximum atomic E-state index is 6.33. The zero-order valence-corrected chi connectivity index (χ0v) is 22.3. The SMILES string of the molecule is Nc1nc2cc(-c3nnc(Cc4ccc(OCc5ccccc5)cc4)c4ccccc34)ccc2n1-c1ccccc1. The number of benzene rings is 5. The Labute approximate surface area is 237 Å². The van der Waals surface area contributed by atoms with Gasteiger partial charge in [-0.3, -0.25) is 4.57 Å². The number of rotatable bonds is 7. The predicted octanol–water partition coefficient (Wildman–Crippen LogP) is 7.39. The number of anilines is 1. The second kappa shape index (κ2) is 10.6. The van der Waals surface area contributed by atoms with Gasteiger partial charge < -0.3 is 10.5 Å². The molecule has 0 saturated heterocycles. The highest BCUT2D eigenvalue weighted by atomic mass is 16.5. The maximum Gasteiger partial charge on any atom is 0.205 e. The van der Waals surface area contributed by atoms with E-state index >= 15 is 0 Å². The van der Waals surface area contributed by atoms with Crippen molar-refractivity contribution < 1.29 is 4.74 Å². The van der Waals surface area contributed by atoms with Crippen LogP contribution in [0.3, 0.4) is 0 Å². The van der Waals surface area contributed by atoms with Crippen LogP contribution in [0.4, 0.5) is 5.95 Å².